The van der Waals surface area contributed by atoms with Gasteiger partial charge in [-0.1, -0.05) is 12.1 Å². The molecule has 110 valence electrons. The number of nitrogens with zero attached hydrogens (tertiary/aromatic N) is 1. The van der Waals surface area contributed by atoms with Crippen LogP contribution in [0.25, 0.3) is 0 Å². The molecule has 1 aliphatic carbocycles. The zero-order valence-corrected chi connectivity index (χ0v) is 12.9. The molecule has 4 nitrogen and oxygen atoms in total. The van der Waals surface area contributed by atoms with E-state index in [1.807, 2.05) is 32.2 Å². The summed E-state index contributed by atoms with van der Waals surface area (Å²) in [6.45, 7) is 2.74. The van der Waals surface area contributed by atoms with E-state index in [1.165, 1.54) is 6.42 Å². The zero-order chi connectivity index (χ0) is 14.3. The van der Waals surface area contributed by atoms with Crippen LogP contribution in [0.3, 0.4) is 0 Å². The first-order valence-electron chi connectivity index (χ1n) is 7.31. The quantitative estimate of drug-likeness (QED) is 0.925. The fraction of sp³-hybridized carbons (Fsp3) is 0.600. The Bertz CT molecular complexity index is 600. The minimum absolute atomic E-state index is 0.153. The van der Waals surface area contributed by atoms with Gasteiger partial charge in [0.05, 0.1) is 4.90 Å². The maximum Gasteiger partial charge on any atom is 0.243 e. The van der Waals surface area contributed by atoms with Crippen LogP contribution in [0.5, 0.6) is 0 Å². The van der Waals surface area contributed by atoms with E-state index in [1.54, 1.807) is 10.4 Å². The van der Waals surface area contributed by atoms with Crippen molar-refractivity contribution in [3.05, 3.63) is 29.8 Å². The van der Waals surface area contributed by atoms with E-state index in [0.29, 0.717) is 17.4 Å². The standard InChI is InChI=1S/C15H22N2O2S/c1-11(16-2)13-4-3-5-15(9-13)20(18,19)17-10-12-6-7-14(17)8-12/h3-5,9,11-12,14,16H,6-8,10H2,1-2H3. The molecule has 1 aromatic carbocycles. The highest BCUT2D eigenvalue weighted by Gasteiger charge is 2.44. The molecule has 2 fully saturated rings. The Morgan fingerprint density at radius 1 is 1.35 bits per heavy atom. The highest BCUT2D eigenvalue weighted by molar-refractivity contribution is 7.89. The van der Waals surface area contributed by atoms with Crippen LogP contribution in [0.4, 0.5) is 0 Å². The molecule has 3 atom stereocenters. The van der Waals surface area contributed by atoms with Crippen LogP contribution in [0.2, 0.25) is 0 Å². The third-order valence-electron chi connectivity index (χ3n) is 4.76. The van der Waals surface area contributed by atoms with Gasteiger partial charge < -0.3 is 5.32 Å². The van der Waals surface area contributed by atoms with Gasteiger partial charge >= 0.3 is 0 Å². The lowest BCUT2D eigenvalue weighted by Crippen LogP contribution is -2.37. The Morgan fingerprint density at radius 3 is 2.75 bits per heavy atom. The molecule has 1 saturated heterocycles. The first-order valence-corrected chi connectivity index (χ1v) is 8.75. The van der Waals surface area contributed by atoms with E-state index in [9.17, 15) is 8.42 Å². The molecular formula is C15H22N2O2S. The van der Waals surface area contributed by atoms with Crippen LogP contribution < -0.4 is 5.32 Å². The Kier molecular flexibility index (Phi) is 3.60. The second-order valence-electron chi connectivity index (χ2n) is 5.99. The Balaban J connectivity index is 1.91. The maximum absolute atomic E-state index is 12.8. The van der Waals surface area contributed by atoms with Crippen LogP contribution in [0.15, 0.2) is 29.2 Å². The molecule has 1 aliphatic heterocycles. The maximum atomic E-state index is 12.8. The molecule has 0 radical (unpaired) electrons. The molecule has 1 N–H and O–H groups in total. The van der Waals surface area contributed by atoms with Crippen LogP contribution in [0, 0.1) is 5.92 Å². The molecule has 0 spiro atoms. The van der Waals surface area contributed by atoms with Crippen molar-refractivity contribution in [1.82, 2.24) is 9.62 Å². The van der Waals surface area contributed by atoms with Crippen LogP contribution >= 0.6 is 0 Å². The van der Waals surface area contributed by atoms with Crippen molar-refractivity contribution in [1.29, 1.82) is 0 Å². The normalized spacial score (nSPS) is 27.9. The largest absolute Gasteiger partial charge is 0.313 e. The minimum Gasteiger partial charge on any atom is -0.313 e. The fourth-order valence-corrected chi connectivity index (χ4v) is 5.22. The average molecular weight is 294 g/mol. The van der Waals surface area contributed by atoms with Gasteiger partial charge in [0.2, 0.25) is 10.0 Å². The number of rotatable bonds is 4. The molecular weight excluding hydrogens is 272 g/mol. The molecule has 2 bridgehead atoms. The van der Waals surface area contributed by atoms with E-state index in [2.05, 4.69) is 5.32 Å². The number of benzene rings is 1. The first-order chi connectivity index (χ1) is 9.52. The minimum atomic E-state index is -3.33. The predicted octanol–water partition coefficient (Wildman–Crippen LogP) is 2.14. The summed E-state index contributed by atoms with van der Waals surface area (Å²) in [5.74, 6) is 0.578. The summed E-state index contributed by atoms with van der Waals surface area (Å²) in [6.07, 6.45) is 3.26. The van der Waals surface area contributed by atoms with Gasteiger partial charge in [-0.2, -0.15) is 4.31 Å². The van der Waals surface area contributed by atoms with Crippen LogP contribution in [-0.2, 0) is 10.0 Å². The highest BCUT2D eigenvalue weighted by Crippen LogP contribution is 2.40. The average Bonchev–Trinajstić information content (AvgIpc) is 3.09. The van der Waals surface area contributed by atoms with Gasteiger partial charge in [0, 0.05) is 18.6 Å². The number of piperidine rings is 1. The number of nitrogens with one attached hydrogen (secondary N) is 1. The van der Waals surface area contributed by atoms with Gasteiger partial charge in [-0.15, -0.1) is 0 Å². The summed E-state index contributed by atoms with van der Waals surface area (Å²) < 4.78 is 27.3. The van der Waals surface area contributed by atoms with E-state index in [4.69, 9.17) is 0 Å². The second-order valence-corrected chi connectivity index (χ2v) is 7.88. The molecule has 1 saturated carbocycles. The predicted molar refractivity (Wildman–Crippen MR) is 78.9 cm³/mol. The molecule has 1 heterocycles. The van der Waals surface area contributed by atoms with Crippen molar-refractivity contribution in [3.63, 3.8) is 0 Å². The summed E-state index contributed by atoms with van der Waals surface area (Å²) in [4.78, 5) is 0.435. The molecule has 3 rings (SSSR count). The van der Waals surface area contributed by atoms with Gasteiger partial charge in [0.15, 0.2) is 0 Å². The fourth-order valence-electron chi connectivity index (χ4n) is 3.42. The Labute approximate surface area is 121 Å². The highest BCUT2D eigenvalue weighted by atomic mass is 32.2. The Morgan fingerprint density at radius 2 is 2.15 bits per heavy atom. The summed E-state index contributed by atoms with van der Waals surface area (Å²) in [6, 6.07) is 7.71. The SMILES string of the molecule is CNC(C)c1cccc(S(=O)(=O)N2CC3CCC2C3)c1. The summed E-state index contributed by atoms with van der Waals surface area (Å²) in [7, 11) is -1.45. The molecule has 5 heteroatoms. The number of fused-ring (bicyclic) bond motifs is 2. The number of hydrogen-bond acceptors (Lipinski definition) is 3. The summed E-state index contributed by atoms with van der Waals surface area (Å²) in [5, 5.41) is 3.15. The third kappa shape index (κ3) is 2.28. The lowest BCUT2D eigenvalue weighted by molar-refractivity contribution is 0.333. The molecule has 2 aliphatic rings. The first kappa shape index (κ1) is 14.0. The van der Waals surface area contributed by atoms with Gasteiger partial charge in [-0.05, 0) is 56.8 Å². The molecule has 0 amide bonds. The topological polar surface area (TPSA) is 49.4 Å². The summed E-state index contributed by atoms with van der Waals surface area (Å²) >= 11 is 0. The number of hydrogen-bond donors (Lipinski definition) is 1. The number of sulfonamides is 1. The zero-order valence-electron chi connectivity index (χ0n) is 12.0. The molecule has 1 aromatic rings. The van der Waals surface area contributed by atoms with Gasteiger partial charge in [0.1, 0.15) is 0 Å². The third-order valence-corrected chi connectivity index (χ3v) is 6.67. The van der Waals surface area contributed by atoms with E-state index in [-0.39, 0.29) is 12.1 Å². The van der Waals surface area contributed by atoms with Crippen molar-refractivity contribution in [2.45, 2.75) is 43.2 Å². The van der Waals surface area contributed by atoms with Gasteiger partial charge in [-0.3, -0.25) is 0 Å². The van der Waals surface area contributed by atoms with Crippen molar-refractivity contribution < 1.29 is 8.42 Å². The second kappa shape index (κ2) is 5.13. The Hall–Kier alpha value is -0.910. The van der Waals surface area contributed by atoms with E-state index >= 15 is 0 Å². The summed E-state index contributed by atoms with van der Waals surface area (Å²) in [5.41, 5.74) is 1.01. The van der Waals surface area contributed by atoms with Crippen molar-refractivity contribution >= 4 is 10.0 Å². The van der Waals surface area contributed by atoms with Crippen molar-refractivity contribution in [2.24, 2.45) is 5.92 Å². The smallest absolute Gasteiger partial charge is 0.243 e. The van der Waals surface area contributed by atoms with Crippen molar-refractivity contribution in [2.75, 3.05) is 13.6 Å². The monoisotopic (exact) mass is 294 g/mol. The van der Waals surface area contributed by atoms with E-state index < -0.39 is 10.0 Å². The van der Waals surface area contributed by atoms with Gasteiger partial charge in [0.25, 0.3) is 0 Å². The van der Waals surface area contributed by atoms with E-state index in [0.717, 1.165) is 18.4 Å². The lowest BCUT2D eigenvalue weighted by Gasteiger charge is -2.26. The van der Waals surface area contributed by atoms with Crippen molar-refractivity contribution in [3.8, 4) is 0 Å². The lowest BCUT2D eigenvalue weighted by atomic mass is 10.1. The van der Waals surface area contributed by atoms with Crippen LogP contribution in [0.1, 0.15) is 37.8 Å². The molecule has 20 heavy (non-hydrogen) atoms. The molecule has 0 aromatic heterocycles. The van der Waals surface area contributed by atoms with Gasteiger partial charge in [-0.25, -0.2) is 8.42 Å². The van der Waals surface area contributed by atoms with Crippen LogP contribution in [-0.4, -0.2) is 32.4 Å². The molecule has 3 unspecified atom stereocenters.